The molecule has 1 N–H and O–H groups in total. The molecule has 0 spiro atoms. The normalized spacial score (nSPS) is 50.5. The van der Waals surface area contributed by atoms with Crippen molar-refractivity contribution in [1.29, 1.82) is 0 Å². The van der Waals surface area contributed by atoms with Crippen molar-refractivity contribution in [3.05, 3.63) is 0 Å². The predicted molar refractivity (Wildman–Crippen MR) is 50.2 cm³/mol. The van der Waals surface area contributed by atoms with E-state index in [9.17, 15) is 0 Å². The summed E-state index contributed by atoms with van der Waals surface area (Å²) in [6, 6.07) is 0. The van der Waals surface area contributed by atoms with Crippen LogP contribution in [0, 0.1) is 11.8 Å². The van der Waals surface area contributed by atoms with Gasteiger partial charge in [0.25, 0.3) is 0 Å². The molecule has 2 aliphatic rings. The van der Waals surface area contributed by atoms with Crippen LogP contribution in [0.4, 0.5) is 0 Å². The Bertz CT molecular complexity index is 197. The van der Waals surface area contributed by atoms with Crippen LogP contribution in [0.25, 0.3) is 0 Å². The monoisotopic (exact) mass is 185 g/mol. The molecular weight excluding hydrogens is 166 g/mol. The Hall–Kier alpha value is -0.120. The van der Waals surface area contributed by atoms with E-state index >= 15 is 0 Å². The van der Waals surface area contributed by atoms with E-state index in [1.54, 1.807) is 0 Å². The number of hydrogen-bond acceptors (Lipinski definition) is 3. The maximum atomic E-state index is 6.07. The van der Waals surface area contributed by atoms with Crippen LogP contribution in [0.1, 0.15) is 27.2 Å². The number of ether oxygens (including phenoxy) is 1. The molecule has 4 atom stereocenters. The third kappa shape index (κ3) is 1.30. The Morgan fingerprint density at radius 2 is 2.23 bits per heavy atom. The van der Waals surface area contributed by atoms with Gasteiger partial charge < -0.3 is 9.57 Å². The van der Waals surface area contributed by atoms with Crippen molar-refractivity contribution in [1.82, 2.24) is 5.48 Å². The van der Waals surface area contributed by atoms with Gasteiger partial charge in [-0.3, -0.25) is 0 Å². The van der Waals surface area contributed by atoms with Gasteiger partial charge in [0.05, 0.1) is 24.9 Å². The number of nitrogens with one attached hydrogen (secondary N) is 1. The lowest BCUT2D eigenvalue weighted by molar-refractivity contribution is -0.0977. The fourth-order valence-corrected chi connectivity index (χ4v) is 2.70. The largest absolute Gasteiger partial charge is 0.370 e. The summed E-state index contributed by atoms with van der Waals surface area (Å²) in [5.74, 6) is 1.15. The molecule has 2 fully saturated rings. The van der Waals surface area contributed by atoms with E-state index in [1.165, 1.54) is 0 Å². The van der Waals surface area contributed by atoms with E-state index in [0.29, 0.717) is 17.9 Å². The molecule has 0 aliphatic carbocycles. The average molecular weight is 185 g/mol. The van der Waals surface area contributed by atoms with E-state index in [4.69, 9.17) is 9.57 Å². The minimum absolute atomic E-state index is 0.0145. The molecule has 2 aliphatic heterocycles. The van der Waals surface area contributed by atoms with E-state index in [2.05, 4.69) is 26.3 Å². The summed E-state index contributed by atoms with van der Waals surface area (Å²) >= 11 is 0. The highest BCUT2D eigenvalue weighted by molar-refractivity contribution is 4.99. The van der Waals surface area contributed by atoms with Crippen LogP contribution >= 0.6 is 0 Å². The van der Waals surface area contributed by atoms with Crippen molar-refractivity contribution in [3.63, 3.8) is 0 Å². The molecule has 2 heterocycles. The van der Waals surface area contributed by atoms with Gasteiger partial charge >= 0.3 is 0 Å². The number of hydrogen-bond donors (Lipinski definition) is 1. The van der Waals surface area contributed by atoms with Crippen molar-refractivity contribution in [2.75, 3.05) is 13.2 Å². The second-order valence-corrected chi connectivity index (χ2v) is 4.33. The SMILES string of the molecule is CC[C@@]12CNOC[C@@H](C1C)[C@H](C)O2. The molecular formula is C10H19NO2. The minimum Gasteiger partial charge on any atom is -0.370 e. The molecule has 2 bridgehead atoms. The molecule has 0 aromatic rings. The lowest BCUT2D eigenvalue weighted by Gasteiger charge is -2.31. The molecule has 3 heteroatoms. The molecule has 13 heavy (non-hydrogen) atoms. The zero-order valence-corrected chi connectivity index (χ0v) is 8.67. The van der Waals surface area contributed by atoms with Crippen molar-refractivity contribution < 1.29 is 9.57 Å². The third-order valence-corrected chi connectivity index (χ3v) is 3.84. The molecule has 0 amide bonds. The second-order valence-electron chi connectivity index (χ2n) is 4.33. The standard InChI is InChI=1S/C10H19NO2/c1-4-10-6-11-12-5-9(7(10)2)8(3)13-10/h7-9,11H,4-6H2,1-3H3/t7?,8-,9-,10+/m0/s1. The highest BCUT2D eigenvalue weighted by atomic mass is 16.7. The van der Waals surface area contributed by atoms with Gasteiger partial charge in [0.1, 0.15) is 0 Å². The molecule has 0 radical (unpaired) electrons. The molecule has 0 aromatic carbocycles. The van der Waals surface area contributed by atoms with Crippen molar-refractivity contribution >= 4 is 0 Å². The molecule has 76 valence electrons. The Morgan fingerprint density at radius 1 is 1.46 bits per heavy atom. The van der Waals surface area contributed by atoms with E-state index in [1.807, 2.05) is 0 Å². The first-order chi connectivity index (χ1) is 6.19. The smallest absolute Gasteiger partial charge is 0.0860 e. The lowest BCUT2D eigenvalue weighted by Crippen LogP contribution is -2.43. The predicted octanol–water partition coefficient (Wildman–Crippen LogP) is 1.34. The summed E-state index contributed by atoms with van der Waals surface area (Å²) in [6.45, 7) is 8.25. The van der Waals surface area contributed by atoms with E-state index < -0.39 is 0 Å². The molecule has 2 rings (SSSR count). The molecule has 2 saturated heterocycles. The Kier molecular flexibility index (Phi) is 2.34. The zero-order chi connectivity index (χ0) is 9.47. The first-order valence-corrected chi connectivity index (χ1v) is 5.22. The maximum Gasteiger partial charge on any atom is 0.0860 e. The fourth-order valence-electron chi connectivity index (χ4n) is 2.70. The molecule has 0 aromatic heterocycles. The van der Waals surface area contributed by atoms with Gasteiger partial charge in [0, 0.05) is 5.92 Å². The van der Waals surface area contributed by atoms with Gasteiger partial charge in [0.2, 0.25) is 0 Å². The fraction of sp³-hybridized carbons (Fsp3) is 1.00. The summed E-state index contributed by atoms with van der Waals surface area (Å²) in [4.78, 5) is 5.37. The first kappa shape index (κ1) is 9.44. The van der Waals surface area contributed by atoms with Crippen LogP contribution in [0.2, 0.25) is 0 Å². The number of rotatable bonds is 1. The summed E-state index contributed by atoms with van der Waals surface area (Å²) < 4.78 is 6.07. The molecule has 0 saturated carbocycles. The topological polar surface area (TPSA) is 30.5 Å². The van der Waals surface area contributed by atoms with Gasteiger partial charge in [-0.1, -0.05) is 13.8 Å². The number of hydroxylamine groups is 1. The highest BCUT2D eigenvalue weighted by Gasteiger charge is 2.51. The van der Waals surface area contributed by atoms with Crippen LogP contribution in [0.5, 0.6) is 0 Å². The quantitative estimate of drug-likeness (QED) is 0.668. The van der Waals surface area contributed by atoms with Gasteiger partial charge in [-0.05, 0) is 19.3 Å². The number of fused-ring (bicyclic) bond motifs is 2. The molecule has 1 unspecified atom stereocenters. The lowest BCUT2D eigenvalue weighted by atomic mass is 9.80. The summed E-state index contributed by atoms with van der Waals surface area (Å²) in [7, 11) is 0. The van der Waals surface area contributed by atoms with Gasteiger partial charge in [-0.15, -0.1) is 0 Å². The average Bonchev–Trinajstić information content (AvgIpc) is 2.26. The van der Waals surface area contributed by atoms with E-state index in [-0.39, 0.29) is 5.60 Å². The first-order valence-electron chi connectivity index (χ1n) is 5.22. The van der Waals surface area contributed by atoms with Crippen molar-refractivity contribution in [3.8, 4) is 0 Å². The maximum absolute atomic E-state index is 6.07. The summed E-state index contributed by atoms with van der Waals surface area (Å²) in [5, 5.41) is 0. The van der Waals surface area contributed by atoms with E-state index in [0.717, 1.165) is 19.6 Å². The molecule has 3 nitrogen and oxygen atoms in total. The van der Waals surface area contributed by atoms with Crippen LogP contribution < -0.4 is 5.48 Å². The van der Waals surface area contributed by atoms with Gasteiger partial charge in [-0.2, -0.15) is 5.48 Å². The summed E-state index contributed by atoms with van der Waals surface area (Å²) in [5.41, 5.74) is 3.01. The van der Waals surface area contributed by atoms with Crippen LogP contribution in [-0.4, -0.2) is 24.9 Å². The highest BCUT2D eigenvalue weighted by Crippen LogP contribution is 2.43. The second kappa shape index (κ2) is 3.23. The van der Waals surface area contributed by atoms with Crippen LogP contribution in [0.3, 0.4) is 0 Å². The van der Waals surface area contributed by atoms with Gasteiger partial charge in [0.15, 0.2) is 0 Å². The Morgan fingerprint density at radius 3 is 2.92 bits per heavy atom. The Labute approximate surface area is 79.7 Å². The van der Waals surface area contributed by atoms with Gasteiger partial charge in [-0.25, -0.2) is 0 Å². The third-order valence-electron chi connectivity index (χ3n) is 3.84. The zero-order valence-electron chi connectivity index (χ0n) is 8.67. The minimum atomic E-state index is 0.0145. The van der Waals surface area contributed by atoms with Crippen molar-refractivity contribution in [2.45, 2.75) is 38.9 Å². The van der Waals surface area contributed by atoms with Crippen LogP contribution in [-0.2, 0) is 9.57 Å². The van der Waals surface area contributed by atoms with Crippen molar-refractivity contribution in [2.24, 2.45) is 11.8 Å². The van der Waals surface area contributed by atoms with Crippen LogP contribution in [0.15, 0.2) is 0 Å². The summed E-state index contributed by atoms with van der Waals surface area (Å²) in [6.07, 6.45) is 1.41. The Balaban J connectivity index is 2.24.